The maximum Gasteiger partial charge on any atom is 0.252 e. The molecule has 0 aliphatic heterocycles. The lowest BCUT2D eigenvalue weighted by Crippen LogP contribution is -2.48. The Morgan fingerprint density at radius 2 is 1.90 bits per heavy atom. The lowest BCUT2D eigenvalue weighted by atomic mass is 9.97. The number of nitrogens with one attached hydrogen (secondary N) is 1. The van der Waals surface area contributed by atoms with E-state index in [0.717, 1.165) is 17.5 Å². The van der Waals surface area contributed by atoms with E-state index in [1.165, 1.54) is 0 Å². The number of primary amides is 1. The number of aryl methyl sites for hydroxylation is 1. The summed E-state index contributed by atoms with van der Waals surface area (Å²) in [6.45, 7) is 9.89. The first kappa shape index (κ1) is 21.5. The molecule has 0 radical (unpaired) electrons. The van der Waals surface area contributed by atoms with Gasteiger partial charge in [-0.25, -0.2) is 9.67 Å². The number of aromatic nitrogens is 3. The number of benzene rings is 1. The summed E-state index contributed by atoms with van der Waals surface area (Å²) < 4.78 is 1.80. The van der Waals surface area contributed by atoms with Crippen LogP contribution in [0.15, 0.2) is 36.5 Å². The summed E-state index contributed by atoms with van der Waals surface area (Å²) >= 11 is 0. The molecule has 2 unspecified atom stereocenters. The van der Waals surface area contributed by atoms with E-state index in [1.54, 1.807) is 16.9 Å². The van der Waals surface area contributed by atoms with Crippen molar-refractivity contribution >= 4 is 22.8 Å². The average Bonchev–Trinajstić information content (AvgIpc) is 3.15. The number of carbonyl (C=O) groups is 2. The average molecular weight is 408 g/mol. The number of rotatable bonds is 7. The van der Waals surface area contributed by atoms with Crippen LogP contribution in [-0.2, 0) is 4.79 Å². The van der Waals surface area contributed by atoms with Gasteiger partial charge in [-0.15, -0.1) is 0 Å². The molecule has 2 heterocycles. The maximum absolute atomic E-state index is 13.3. The first-order valence-corrected chi connectivity index (χ1v) is 10.3. The lowest BCUT2D eigenvalue weighted by Gasteiger charge is -2.21. The van der Waals surface area contributed by atoms with Gasteiger partial charge < -0.3 is 11.1 Å². The summed E-state index contributed by atoms with van der Waals surface area (Å²) in [4.78, 5) is 30.0. The molecule has 7 heteroatoms. The molecule has 0 aliphatic carbocycles. The van der Waals surface area contributed by atoms with Crippen molar-refractivity contribution in [2.45, 2.75) is 53.1 Å². The van der Waals surface area contributed by atoms with Crippen molar-refractivity contribution in [3.63, 3.8) is 0 Å². The highest BCUT2D eigenvalue weighted by molar-refractivity contribution is 6.07. The minimum Gasteiger partial charge on any atom is -0.368 e. The number of pyridine rings is 1. The predicted octanol–water partition coefficient (Wildman–Crippen LogP) is 3.62. The van der Waals surface area contributed by atoms with Gasteiger partial charge in [0.05, 0.1) is 22.8 Å². The molecule has 30 heavy (non-hydrogen) atoms. The highest BCUT2D eigenvalue weighted by atomic mass is 16.2. The summed E-state index contributed by atoms with van der Waals surface area (Å²) in [6.07, 6.45) is 2.38. The van der Waals surface area contributed by atoms with E-state index in [9.17, 15) is 9.59 Å². The Morgan fingerprint density at radius 3 is 2.50 bits per heavy atom. The number of amides is 2. The summed E-state index contributed by atoms with van der Waals surface area (Å²) in [6, 6.07) is 9.00. The number of hydrogen-bond donors (Lipinski definition) is 2. The number of carbonyl (C=O) groups excluding carboxylic acids is 2. The van der Waals surface area contributed by atoms with Gasteiger partial charge >= 0.3 is 0 Å². The van der Waals surface area contributed by atoms with Gasteiger partial charge in [0.2, 0.25) is 5.91 Å². The monoisotopic (exact) mass is 407 g/mol. The van der Waals surface area contributed by atoms with E-state index in [0.29, 0.717) is 22.3 Å². The summed E-state index contributed by atoms with van der Waals surface area (Å²) in [5.74, 6) is -0.970. The Hall–Kier alpha value is -3.22. The van der Waals surface area contributed by atoms with E-state index < -0.39 is 11.9 Å². The van der Waals surface area contributed by atoms with Crippen LogP contribution in [0.3, 0.4) is 0 Å². The van der Waals surface area contributed by atoms with Gasteiger partial charge in [-0.2, -0.15) is 5.10 Å². The normalized spacial score (nSPS) is 13.4. The van der Waals surface area contributed by atoms with Gasteiger partial charge in [0.1, 0.15) is 6.04 Å². The second-order valence-corrected chi connectivity index (χ2v) is 8.03. The van der Waals surface area contributed by atoms with Gasteiger partial charge in [-0.05, 0) is 38.3 Å². The molecule has 1 aromatic carbocycles. The smallest absolute Gasteiger partial charge is 0.252 e. The Labute approximate surface area is 176 Å². The highest BCUT2D eigenvalue weighted by Gasteiger charge is 2.26. The lowest BCUT2D eigenvalue weighted by molar-refractivity contribution is -0.120. The van der Waals surface area contributed by atoms with E-state index in [4.69, 9.17) is 10.7 Å². The van der Waals surface area contributed by atoms with Crippen molar-refractivity contribution in [1.29, 1.82) is 0 Å². The second-order valence-electron chi connectivity index (χ2n) is 8.03. The molecule has 3 aromatic rings. The Balaban J connectivity index is 2.16. The summed E-state index contributed by atoms with van der Waals surface area (Å²) in [5, 5.41) is 7.92. The van der Waals surface area contributed by atoms with Crippen LogP contribution in [0.25, 0.3) is 22.3 Å². The third-order valence-electron chi connectivity index (χ3n) is 5.53. The van der Waals surface area contributed by atoms with Crippen molar-refractivity contribution in [3.05, 3.63) is 47.7 Å². The third-order valence-corrected chi connectivity index (χ3v) is 5.53. The van der Waals surface area contributed by atoms with Crippen LogP contribution in [0.1, 0.15) is 56.1 Å². The van der Waals surface area contributed by atoms with E-state index >= 15 is 0 Å². The number of nitrogens with two attached hydrogens (primary N) is 1. The van der Waals surface area contributed by atoms with Gasteiger partial charge in [-0.1, -0.05) is 44.5 Å². The third kappa shape index (κ3) is 4.06. The van der Waals surface area contributed by atoms with Crippen molar-refractivity contribution in [2.24, 2.45) is 11.7 Å². The zero-order valence-electron chi connectivity index (χ0n) is 18.1. The topological polar surface area (TPSA) is 103 Å². The van der Waals surface area contributed by atoms with Crippen LogP contribution in [-0.4, -0.2) is 32.6 Å². The highest BCUT2D eigenvalue weighted by Crippen LogP contribution is 2.28. The Morgan fingerprint density at radius 1 is 1.20 bits per heavy atom. The van der Waals surface area contributed by atoms with Crippen molar-refractivity contribution in [1.82, 2.24) is 20.1 Å². The number of fused-ring (bicyclic) bond motifs is 1. The first-order chi connectivity index (χ1) is 14.2. The van der Waals surface area contributed by atoms with Crippen LogP contribution in [0, 0.1) is 12.8 Å². The fourth-order valence-electron chi connectivity index (χ4n) is 3.53. The maximum atomic E-state index is 13.3. The van der Waals surface area contributed by atoms with E-state index in [-0.39, 0.29) is 17.9 Å². The molecule has 3 rings (SSSR count). The SMILES string of the molecule is CCC(C)C(NC(=O)c1cc(-c2ccccc2C)nc2c1cnn2C(C)C)C(N)=O. The zero-order chi connectivity index (χ0) is 22.0. The van der Waals surface area contributed by atoms with Crippen LogP contribution < -0.4 is 11.1 Å². The second kappa shape index (κ2) is 8.65. The molecule has 2 amide bonds. The van der Waals surface area contributed by atoms with Gasteiger partial charge in [0.15, 0.2) is 5.65 Å². The minimum absolute atomic E-state index is 0.0713. The molecule has 158 valence electrons. The number of nitrogens with zero attached hydrogens (tertiary/aromatic N) is 3. The summed E-state index contributed by atoms with van der Waals surface area (Å²) in [7, 11) is 0. The molecule has 2 atom stereocenters. The summed E-state index contributed by atoms with van der Waals surface area (Å²) in [5.41, 5.74) is 9.31. The van der Waals surface area contributed by atoms with Crippen LogP contribution >= 0.6 is 0 Å². The van der Waals surface area contributed by atoms with Gasteiger partial charge in [-0.3, -0.25) is 9.59 Å². The van der Waals surface area contributed by atoms with Crippen LogP contribution in [0.4, 0.5) is 0 Å². The zero-order valence-corrected chi connectivity index (χ0v) is 18.1. The van der Waals surface area contributed by atoms with Crippen molar-refractivity contribution < 1.29 is 9.59 Å². The molecule has 0 aliphatic rings. The number of hydrogen-bond acceptors (Lipinski definition) is 4. The van der Waals surface area contributed by atoms with Crippen molar-refractivity contribution in [2.75, 3.05) is 0 Å². The van der Waals surface area contributed by atoms with Crippen LogP contribution in [0.2, 0.25) is 0 Å². The predicted molar refractivity (Wildman–Crippen MR) is 118 cm³/mol. The van der Waals surface area contributed by atoms with Gasteiger partial charge in [0.25, 0.3) is 5.91 Å². The Bertz CT molecular complexity index is 1090. The largest absolute Gasteiger partial charge is 0.368 e. The molecule has 2 aromatic heterocycles. The fourth-order valence-corrected chi connectivity index (χ4v) is 3.53. The molecule has 0 spiro atoms. The van der Waals surface area contributed by atoms with E-state index in [1.807, 2.05) is 58.9 Å². The molecule has 0 bridgehead atoms. The van der Waals surface area contributed by atoms with Gasteiger partial charge in [0, 0.05) is 11.6 Å². The fraction of sp³-hybridized carbons (Fsp3) is 0.391. The molecule has 0 saturated carbocycles. The quantitative estimate of drug-likeness (QED) is 0.624. The van der Waals surface area contributed by atoms with Crippen LogP contribution in [0.5, 0.6) is 0 Å². The molecule has 0 fully saturated rings. The Kier molecular flexibility index (Phi) is 6.20. The molecule has 7 nitrogen and oxygen atoms in total. The molecular weight excluding hydrogens is 378 g/mol. The standard InChI is InChI=1S/C23H29N5O2/c1-6-14(4)20(21(24)29)27-23(30)17-11-19(16-10-8-7-9-15(16)5)26-22-18(17)12-25-28(22)13(2)3/h7-14,20H,6H2,1-5H3,(H2,24,29)(H,27,30). The van der Waals surface area contributed by atoms with E-state index in [2.05, 4.69) is 10.4 Å². The molecular formula is C23H29N5O2. The first-order valence-electron chi connectivity index (χ1n) is 10.3. The molecule has 3 N–H and O–H groups in total. The molecule has 0 saturated heterocycles. The minimum atomic E-state index is -0.743. The van der Waals surface area contributed by atoms with Crippen molar-refractivity contribution in [3.8, 4) is 11.3 Å².